The van der Waals surface area contributed by atoms with Crippen LogP contribution >= 0.6 is 0 Å². The van der Waals surface area contributed by atoms with E-state index in [-0.39, 0.29) is 0 Å². The Hall–Kier alpha value is 0.531. The van der Waals surface area contributed by atoms with Crippen LogP contribution in [0.15, 0.2) is 0 Å². The summed E-state index contributed by atoms with van der Waals surface area (Å²) >= 11 is 0. The Morgan fingerprint density at radius 3 is 1.78 bits per heavy atom. The van der Waals surface area contributed by atoms with E-state index in [2.05, 4.69) is 45.8 Å². The van der Waals surface area contributed by atoms with Crippen molar-refractivity contribution in [2.24, 2.45) is 5.73 Å². The molecule has 0 aliphatic carbocycles. The zero-order valence-corrected chi connectivity index (χ0v) is 16.4. The van der Waals surface area contributed by atoms with Gasteiger partial charge in [0.2, 0.25) is 0 Å². The molecule has 0 atom stereocenters. The van der Waals surface area contributed by atoms with Gasteiger partial charge in [-0.25, -0.2) is 0 Å². The van der Waals surface area contributed by atoms with Crippen LogP contribution in [0.25, 0.3) is 0 Å². The van der Waals surface area contributed by atoms with Gasteiger partial charge in [0.25, 0.3) is 0 Å². The number of unbranched alkanes of at least 4 members (excludes halogenated alkanes) is 2. The molecule has 0 aliphatic rings. The molecule has 0 spiro atoms. The first-order valence-electron chi connectivity index (χ1n) is 7.08. The summed E-state index contributed by atoms with van der Waals surface area (Å²) in [6.07, 6.45) is 3.61. The number of hydrogen-bond acceptors (Lipinski definition) is 3. The quantitative estimate of drug-likeness (QED) is 0.519. The van der Waals surface area contributed by atoms with E-state index in [0.29, 0.717) is 0 Å². The van der Waals surface area contributed by atoms with E-state index in [9.17, 15) is 0 Å². The molecule has 0 aromatic carbocycles. The first-order chi connectivity index (χ1) is 7.97. The van der Waals surface area contributed by atoms with Gasteiger partial charge in [0.15, 0.2) is 16.6 Å². The third-order valence-corrected chi connectivity index (χ3v) is 12.7. The van der Waals surface area contributed by atoms with Crippen LogP contribution < -0.4 is 5.73 Å². The molecule has 3 nitrogen and oxygen atoms in total. The van der Waals surface area contributed by atoms with Gasteiger partial charge in [0.05, 0.1) is 0 Å². The maximum atomic E-state index is 6.44. The molecule has 0 aromatic rings. The molecule has 0 aromatic heterocycles. The standard InChI is InChI=1S/C12H33NO2Si3/c1-16(2,3)14-18(6,7)15-17(4,5)12-10-8-9-11-13/h8-13H2,1-7H3. The third kappa shape index (κ3) is 10.5. The van der Waals surface area contributed by atoms with Gasteiger partial charge in [-0.3, -0.25) is 0 Å². The van der Waals surface area contributed by atoms with Crippen LogP contribution in [0.5, 0.6) is 0 Å². The number of hydrogen-bond donors (Lipinski definition) is 1. The van der Waals surface area contributed by atoms with Gasteiger partial charge in [-0.05, 0) is 64.8 Å². The van der Waals surface area contributed by atoms with Gasteiger partial charge in [-0.15, -0.1) is 0 Å². The Balaban J connectivity index is 4.20. The molecule has 0 unspecified atom stereocenters. The van der Waals surface area contributed by atoms with Gasteiger partial charge >= 0.3 is 8.56 Å². The summed E-state index contributed by atoms with van der Waals surface area (Å²) in [6.45, 7) is 16.5. The topological polar surface area (TPSA) is 44.5 Å². The smallest absolute Gasteiger partial charge is 0.311 e. The van der Waals surface area contributed by atoms with Crippen LogP contribution in [0.3, 0.4) is 0 Å². The van der Waals surface area contributed by atoms with E-state index in [0.717, 1.165) is 13.0 Å². The molecule has 0 aliphatic heterocycles. The summed E-state index contributed by atoms with van der Waals surface area (Å²) in [4.78, 5) is 0. The SMILES string of the molecule is C[Si](C)(C)O[Si](C)(C)O[Si](C)(C)CCCCCN. The normalized spacial score (nSPS) is 14.0. The Kier molecular flexibility index (Phi) is 7.57. The van der Waals surface area contributed by atoms with Crippen molar-refractivity contribution in [2.75, 3.05) is 6.54 Å². The molecule has 18 heavy (non-hydrogen) atoms. The highest BCUT2D eigenvalue weighted by Gasteiger charge is 2.37. The molecule has 0 bridgehead atoms. The highest BCUT2D eigenvalue weighted by Crippen LogP contribution is 2.24. The van der Waals surface area contributed by atoms with Gasteiger partial charge < -0.3 is 14.0 Å². The lowest BCUT2D eigenvalue weighted by Gasteiger charge is -2.37. The van der Waals surface area contributed by atoms with Gasteiger partial charge in [-0.2, -0.15) is 0 Å². The van der Waals surface area contributed by atoms with E-state index >= 15 is 0 Å². The average molecular weight is 308 g/mol. The van der Waals surface area contributed by atoms with Crippen molar-refractivity contribution in [1.29, 1.82) is 0 Å². The van der Waals surface area contributed by atoms with Gasteiger partial charge in [0.1, 0.15) is 0 Å². The second-order valence-electron chi connectivity index (χ2n) is 7.08. The highest BCUT2D eigenvalue weighted by molar-refractivity contribution is 6.87. The van der Waals surface area contributed by atoms with Crippen molar-refractivity contribution in [3.63, 3.8) is 0 Å². The summed E-state index contributed by atoms with van der Waals surface area (Å²) in [6, 6.07) is 1.22. The van der Waals surface area contributed by atoms with E-state index in [1.54, 1.807) is 0 Å². The van der Waals surface area contributed by atoms with Crippen LogP contribution in [0.4, 0.5) is 0 Å². The molecule has 110 valence electrons. The molecule has 0 rings (SSSR count). The summed E-state index contributed by atoms with van der Waals surface area (Å²) in [5.74, 6) is 0. The molecule has 6 heteroatoms. The summed E-state index contributed by atoms with van der Waals surface area (Å²) in [5, 5.41) is 0. The molecule has 0 saturated heterocycles. The van der Waals surface area contributed by atoms with Crippen molar-refractivity contribution in [1.82, 2.24) is 0 Å². The predicted molar refractivity (Wildman–Crippen MR) is 88.2 cm³/mol. The van der Waals surface area contributed by atoms with E-state index in [1.165, 1.54) is 18.9 Å². The summed E-state index contributed by atoms with van der Waals surface area (Å²) in [7, 11) is -5.01. The van der Waals surface area contributed by atoms with E-state index < -0.39 is 25.2 Å². The van der Waals surface area contributed by atoms with Crippen LogP contribution in [-0.2, 0) is 8.23 Å². The minimum absolute atomic E-state index is 0.807. The fourth-order valence-electron chi connectivity index (χ4n) is 2.35. The Labute approximate surface area is 117 Å². The lowest BCUT2D eigenvalue weighted by Crippen LogP contribution is -2.51. The number of nitrogens with two attached hydrogens (primary N) is 1. The monoisotopic (exact) mass is 307 g/mol. The fourth-order valence-corrected chi connectivity index (χ4v) is 15.6. The van der Waals surface area contributed by atoms with E-state index in [1.807, 2.05) is 0 Å². The lowest BCUT2D eigenvalue weighted by atomic mass is 10.2. The Morgan fingerprint density at radius 2 is 1.33 bits per heavy atom. The first kappa shape index (κ1) is 18.5. The molecule has 0 saturated carbocycles. The molecule has 0 heterocycles. The van der Waals surface area contributed by atoms with Crippen LogP contribution in [0.1, 0.15) is 19.3 Å². The molecule has 2 N–H and O–H groups in total. The third-order valence-electron chi connectivity index (χ3n) is 2.56. The minimum Gasteiger partial charge on any atom is -0.437 e. The van der Waals surface area contributed by atoms with Crippen molar-refractivity contribution >= 4 is 25.2 Å². The zero-order chi connectivity index (χ0) is 14.4. The summed E-state index contributed by atoms with van der Waals surface area (Å²) in [5.41, 5.74) is 5.52. The van der Waals surface area contributed by atoms with Crippen molar-refractivity contribution in [3.8, 4) is 0 Å². The predicted octanol–water partition coefficient (Wildman–Crippen LogP) is 3.89. The molecular formula is C12H33NO2Si3. The first-order valence-corrected chi connectivity index (χ1v) is 16.4. The highest BCUT2D eigenvalue weighted by atomic mass is 28.5. The van der Waals surface area contributed by atoms with Crippen LogP contribution in [-0.4, -0.2) is 31.7 Å². The minimum atomic E-state index is -1.94. The fraction of sp³-hybridized carbons (Fsp3) is 1.00. The zero-order valence-electron chi connectivity index (χ0n) is 13.4. The second-order valence-corrected chi connectivity index (χ2v) is 19.8. The van der Waals surface area contributed by atoms with Crippen LogP contribution in [0.2, 0.25) is 51.9 Å². The Bertz CT molecular complexity index is 240. The van der Waals surface area contributed by atoms with Crippen molar-refractivity contribution < 1.29 is 8.23 Å². The van der Waals surface area contributed by atoms with Crippen molar-refractivity contribution in [2.45, 2.75) is 71.1 Å². The second kappa shape index (κ2) is 7.35. The maximum Gasteiger partial charge on any atom is 0.311 e. The lowest BCUT2D eigenvalue weighted by molar-refractivity contribution is 0.390. The molecular weight excluding hydrogens is 274 g/mol. The average Bonchev–Trinajstić information content (AvgIpc) is 2.06. The number of rotatable bonds is 9. The van der Waals surface area contributed by atoms with Crippen LogP contribution in [0, 0.1) is 0 Å². The largest absolute Gasteiger partial charge is 0.437 e. The maximum absolute atomic E-state index is 6.44. The molecule has 0 fully saturated rings. The molecule has 0 amide bonds. The Morgan fingerprint density at radius 1 is 0.778 bits per heavy atom. The molecule has 0 radical (unpaired) electrons. The van der Waals surface area contributed by atoms with Crippen molar-refractivity contribution in [3.05, 3.63) is 0 Å². The summed E-state index contributed by atoms with van der Waals surface area (Å²) < 4.78 is 12.7. The van der Waals surface area contributed by atoms with Gasteiger partial charge in [0, 0.05) is 0 Å². The van der Waals surface area contributed by atoms with Gasteiger partial charge in [-0.1, -0.05) is 12.8 Å². The van der Waals surface area contributed by atoms with E-state index in [4.69, 9.17) is 14.0 Å².